The number of benzene rings is 2. The minimum absolute atomic E-state index is 0.0883. The van der Waals surface area contributed by atoms with Gasteiger partial charge in [-0.2, -0.15) is 0 Å². The third-order valence-corrected chi connectivity index (χ3v) is 4.28. The van der Waals surface area contributed by atoms with Crippen LogP contribution in [-0.4, -0.2) is 33.3 Å². The lowest BCUT2D eigenvalue weighted by Crippen LogP contribution is -2.38. The van der Waals surface area contributed by atoms with Gasteiger partial charge >= 0.3 is 0 Å². The van der Waals surface area contributed by atoms with Crippen molar-refractivity contribution in [3.8, 4) is 5.75 Å². The first-order valence-corrected chi connectivity index (χ1v) is 9.43. The van der Waals surface area contributed by atoms with Gasteiger partial charge in [-0.25, -0.2) is 0 Å². The standard InChI is InChI=1S/C21H28ClN3O2/c1-16(18-8-5-9-19(22)14-18)25-21(23-2)24-15-17-7-4-10-20(13-17)27-12-6-11-26-3/h4-5,7-10,13-14,16H,6,11-12,15H2,1-3H3,(H2,23,24,25). The zero-order valence-corrected chi connectivity index (χ0v) is 16.9. The Bertz CT molecular complexity index is 737. The number of hydrogen-bond acceptors (Lipinski definition) is 3. The van der Waals surface area contributed by atoms with Gasteiger partial charge in [0.1, 0.15) is 5.75 Å². The number of ether oxygens (including phenoxy) is 2. The molecule has 2 rings (SSSR count). The molecular weight excluding hydrogens is 362 g/mol. The van der Waals surface area contributed by atoms with Gasteiger partial charge in [0.05, 0.1) is 12.6 Å². The molecule has 0 saturated heterocycles. The van der Waals surface area contributed by atoms with Crippen LogP contribution < -0.4 is 15.4 Å². The quantitative estimate of drug-likeness (QED) is 0.383. The van der Waals surface area contributed by atoms with Crippen LogP contribution in [0.2, 0.25) is 5.02 Å². The highest BCUT2D eigenvalue weighted by molar-refractivity contribution is 6.30. The van der Waals surface area contributed by atoms with E-state index in [4.69, 9.17) is 21.1 Å². The van der Waals surface area contributed by atoms with Crippen molar-refractivity contribution in [3.63, 3.8) is 0 Å². The van der Waals surface area contributed by atoms with Gasteiger partial charge in [-0.3, -0.25) is 4.99 Å². The molecule has 146 valence electrons. The Morgan fingerprint density at radius 1 is 1.15 bits per heavy atom. The number of nitrogens with one attached hydrogen (secondary N) is 2. The highest BCUT2D eigenvalue weighted by Gasteiger charge is 2.08. The summed E-state index contributed by atoms with van der Waals surface area (Å²) in [5.74, 6) is 1.59. The lowest BCUT2D eigenvalue weighted by atomic mass is 10.1. The predicted octanol–water partition coefficient (Wildman–Crippen LogP) is 4.18. The predicted molar refractivity (Wildman–Crippen MR) is 112 cm³/mol. The average molecular weight is 390 g/mol. The van der Waals surface area contributed by atoms with Crippen molar-refractivity contribution >= 4 is 17.6 Å². The number of methoxy groups -OCH3 is 1. The van der Waals surface area contributed by atoms with Gasteiger partial charge in [0, 0.05) is 38.8 Å². The minimum atomic E-state index is 0.0883. The number of aliphatic imine (C=N–C) groups is 1. The van der Waals surface area contributed by atoms with Crippen molar-refractivity contribution in [2.24, 2.45) is 4.99 Å². The first-order valence-electron chi connectivity index (χ1n) is 9.05. The normalized spacial score (nSPS) is 12.5. The van der Waals surface area contributed by atoms with Crippen LogP contribution in [0.25, 0.3) is 0 Å². The molecule has 2 aromatic carbocycles. The molecule has 1 unspecified atom stereocenters. The van der Waals surface area contributed by atoms with Gasteiger partial charge in [0.15, 0.2) is 5.96 Å². The average Bonchev–Trinajstić information content (AvgIpc) is 2.68. The Hall–Kier alpha value is -2.24. The second-order valence-electron chi connectivity index (χ2n) is 6.19. The molecule has 0 spiro atoms. The van der Waals surface area contributed by atoms with Gasteiger partial charge in [-0.1, -0.05) is 35.9 Å². The lowest BCUT2D eigenvalue weighted by molar-refractivity contribution is 0.172. The lowest BCUT2D eigenvalue weighted by Gasteiger charge is -2.18. The summed E-state index contributed by atoms with van der Waals surface area (Å²) in [6.45, 7) is 4.07. The first-order chi connectivity index (χ1) is 13.1. The molecule has 27 heavy (non-hydrogen) atoms. The smallest absolute Gasteiger partial charge is 0.191 e. The van der Waals surface area contributed by atoms with Gasteiger partial charge < -0.3 is 20.1 Å². The fourth-order valence-corrected chi connectivity index (χ4v) is 2.78. The Balaban J connectivity index is 1.86. The Morgan fingerprint density at radius 2 is 1.96 bits per heavy atom. The van der Waals surface area contributed by atoms with Crippen molar-refractivity contribution in [1.29, 1.82) is 0 Å². The molecular formula is C21H28ClN3O2. The van der Waals surface area contributed by atoms with Crippen LogP contribution in [-0.2, 0) is 11.3 Å². The number of halogens is 1. The summed E-state index contributed by atoms with van der Waals surface area (Å²) in [7, 11) is 3.45. The molecule has 0 radical (unpaired) electrons. The number of guanidine groups is 1. The van der Waals surface area contributed by atoms with E-state index >= 15 is 0 Å². The molecule has 1 atom stereocenters. The van der Waals surface area contributed by atoms with Crippen molar-refractivity contribution in [1.82, 2.24) is 10.6 Å². The summed E-state index contributed by atoms with van der Waals surface area (Å²) in [6, 6.07) is 16.0. The number of hydrogen-bond donors (Lipinski definition) is 2. The molecule has 6 heteroatoms. The minimum Gasteiger partial charge on any atom is -0.493 e. The molecule has 0 saturated carbocycles. The summed E-state index contributed by atoms with van der Waals surface area (Å²) in [4.78, 5) is 4.30. The van der Waals surface area contributed by atoms with E-state index in [9.17, 15) is 0 Å². The van der Waals surface area contributed by atoms with Crippen molar-refractivity contribution < 1.29 is 9.47 Å². The molecule has 0 heterocycles. The van der Waals surface area contributed by atoms with Crippen LogP contribution in [0.4, 0.5) is 0 Å². The van der Waals surface area contributed by atoms with Crippen LogP contribution >= 0.6 is 11.6 Å². The van der Waals surface area contributed by atoms with Gasteiger partial charge in [-0.15, -0.1) is 0 Å². The molecule has 0 fully saturated rings. The largest absolute Gasteiger partial charge is 0.493 e. The van der Waals surface area contributed by atoms with Gasteiger partial charge in [0.25, 0.3) is 0 Å². The Labute approximate surface area is 166 Å². The van der Waals surface area contributed by atoms with Crippen LogP contribution in [0.15, 0.2) is 53.5 Å². The van der Waals surface area contributed by atoms with Crippen LogP contribution in [0, 0.1) is 0 Å². The second kappa shape index (κ2) is 11.5. The monoisotopic (exact) mass is 389 g/mol. The summed E-state index contributed by atoms with van der Waals surface area (Å²) in [5, 5.41) is 7.44. The van der Waals surface area contributed by atoms with Crippen LogP contribution in [0.3, 0.4) is 0 Å². The topological polar surface area (TPSA) is 54.9 Å². The summed E-state index contributed by atoms with van der Waals surface area (Å²) < 4.78 is 10.8. The van der Waals surface area contributed by atoms with E-state index in [1.807, 2.05) is 42.5 Å². The number of rotatable bonds is 9. The molecule has 0 bridgehead atoms. The van der Waals surface area contributed by atoms with E-state index in [2.05, 4.69) is 28.6 Å². The SMILES string of the molecule is CN=C(NCc1cccc(OCCCOC)c1)NC(C)c1cccc(Cl)c1. The number of nitrogens with zero attached hydrogens (tertiary/aromatic N) is 1. The maximum Gasteiger partial charge on any atom is 0.191 e. The molecule has 5 nitrogen and oxygen atoms in total. The molecule has 0 aliphatic heterocycles. The summed E-state index contributed by atoms with van der Waals surface area (Å²) >= 11 is 6.08. The van der Waals surface area contributed by atoms with E-state index in [0.29, 0.717) is 19.8 Å². The fraction of sp³-hybridized carbons (Fsp3) is 0.381. The molecule has 2 aromatic rings. The zero-order chi connectivity index (χ0) is 19.5. The molecule has 0 aromatic heterocycles. The summed E-state index contributed by atoms with van der Waals surface area (Å²) in [6.07, 6.45) is 0.872. The maximum atomic E-state index is 6.08. The van der Waals surface area contributed by atoms with E-state index in [-0.39, 0.29) is 6.04 Å². The molecule has 0 aliphatic rings. The highest BCUT2D eigenvalue weighted by atomic mass is 35.5. The van der Waals surface area contributed by atoms with Crippen molar-refractivity contribution in [2.75, 3.05) is 27.4 Å². The van der Waals surface area contributed by atoms with E-state index in [1.54, 1.807) is 14.2 Å². The fourth-order valence-electron chi connectivity index (χ4n) is 2.58. The molecule has 2 N–H and O–H groups in total. The molecule has 0 aliphatic carbocycles. The van der Waals surface area contributed by atoms with Gasteiger partial charge in [0.2, 0.25) is 0 Å². The highest BCUT2D eigenvalue weighted by Crippen LogP contribution is 2.17. The van der Waals surface area contributed by atoms with Crippen molar-refractivity contribution in [3.05, 3.63) is 64.7 Å². The zero-order valence-electron chi connectivity index (χ0n) is 16.2. The Kier molecular flexibility index (Phi) is 8.95. The second-order valence-corrected chi connectivity index (χ2v) is 6.63. The van der Waals surface area contributed by atoms with Crippen molar-refractivity contribution in [2.45, 2.75) is 25.9 Å². The van der Waals surface area contributed by atoms with E-state index < -0.39 is 0 Å². The van der Waals surface area contributed by atoms with Crippen LogP contribution in [0.5, 0.6) is 5.75 Å². The third kappa shape index (κ3) is 7.49. The van der Waals surface area contributed by atoms with E-state index in [0.717, 1.165) is 34.3 Å². The maximum absolute atomic E-state index is 6.08. The van der Waals surface area contributed by atoms with E-state index in [1.165, 1.54) is 0 Å². The molecule has 0 amide bonds. The van der Waals surface area contributed by atoms with Crippen LogP contribution in [0.1, 0.15) is 30.5 Å². The van der Waals surface area contributed by atoms with Gasteiger partial charge in [-0.05, 0) is 42.3 Å². The first kappa shape index (κ1) is 21.1. The Morgan fingerprint density at radius 3 is 2.70 bits per heavy atom. The third-order valence-electron chi connectivity index (χ3n) is 4.05. The summed E-state index contributed by atoms with van der Waals surface area (Å²) in [5.41, 5.74) is 2.23.